The van der Waals surface area contributed by atoms with Crippen molar-refractivity contribution in [1.29, 1.82) is 0 Å². The minimum absolute atomic E-state index is 0.0159. The van der Waals surface area contributed by atoms with Crippen LogP contribution < -0.4 is 5.32 Å². The van der Waals surface area contributed by atoms with Gasteiger partial charge in [0.15, 0.2) is 0 Å². The fraction of sp³-hybridized carbons (Fsp3) is 0.296. The zero-order valence-corrected chi connectivity index (χ0v) is 22.7. The number of carbonyl (C=O) groups excluding carboxylic acids is 2. The van der Waals surface area contributed by atoms with E-state index in [1.54, 1.807) is 39.3 Å². The molecule has 186 valence electrons. The third-order valence-electron chi connectivity index (χ3n) is 5.96. The minimum atomic E-state index is -0.295. The van der Waals surface area contributed by atoms with E-state index in [1.807, 2.05) is 25.1 Å². The molecule has 1 N–H and O–H groups in total. The summed E-state index contributed by atoms with van der Waals surface area (Å²) in [5.41, 5.74) is 4.35. The number of ether oxygens (including phenoxy) is 1. The quantitative estimate of drug-likeness (QED) is 0.258. The molecule has 0 spiro atoms. The maximum atomic E-state index is 13.0. The molecule has 0 saturated carbocycles. The predicted molar refractivity (Wildman–Crippen MR) is 149 cm³/mol. The summed E-state index contributed by atoms with van der Waals surface area (Å²) in [6, 6.07) is 16.4. The van der Waals surface area contributed by atoms with Crippen molar-refractivity contribution in [2.75, 3.05) is 24.2 Å². The average molecular weight is 538 g/mol. The smallest absolute Gasteiger partial charge is 0.410 e. The fourth-order valence-electron chi connectivity index (χ4n) is 4.15. The highest BCUT2D eigenvalue weighted by molar-refractivity contribution is 7.99. The van der Waals surface area contributed by atoms with E-state index in [9.17, 15) is 9.59 Å². The largest absolute Gasteiger partial charge is 0.450 e. The van der Waals surface area contributed by atoms with Crippen LogP contribution in [0.25, 0.3) is 20.8 Å². The summed E-state index contributed by atoms with van der Waals surface area (Å²) in [4.78, 5) is 34.2. The van der Waals surface area contributed by atoms with Gasteiger partial charge in [-0.25, -0.2) is 9.78 Å². The van der Waals surface area contributed by atoms with Crippen LogP contribution in [0.15, 0.2) is 53.4 Å². The van der Waals surface area contributed by atoms with Crippen molar-refractivity contribution in [3.63, 3.8) is 0 Å². The third-order valence-corrected chi connectivity index (χ3v) is 9.16. The molecule has 9 heteroatoms. The summed E-state index contributed by atoms with van der Waals surface area (Å²) < 4.78 is 6.33. The standard InChI is InChI=1S/C27H27N3O3S3/c1-3-33-27(32)30-14-12-19-22(16-30)36-26(24(19)25-28-20-6-4-5-7-21(20)35-25)29-23(31)13-15-34-18-10-8-17(2)9-11-18/h4-11H,3,12-16H2,1-2H3,(H,29,31). The van der Waals surface area contributed by atoms with Crippen molar-refractivity contribution in [1.82, 2.24) is 9.88 Å². The summed E-state index contributed by atoms with van der Waals surface area (Å²) >= 11 is 4.86. The molecule has 1 aliphatic heterocycles. The molecule has 2 amide bonds. The van der Waals surface area contributed by atoms with E-state index < -0.39 is 0 Å². The second kappa shape index (κ2) is 11.0. The lowest BCUT2D eigenvalue weighted by Gasteiger charge is -2.26. The van der Waals surface area contributed by atoms with Crippen molar-refractivity contribution >= 4 is 61.7 Å². The van der Waals surface area contributed by atoms with Crippen LogP contribution >= 0.6 is 34.4 Å². The molecule has 3 heterocycles. The van der Waals surface area contributed by atoms with Crippen molar-refractivity contribution in [2.24, 2.45) is 0 Å². The SMILES string of the molecule is CCOC(=O)N1CCc2c(sc(NC(=O)CCSc3ccc(C)cc3)c2-c2nc3ccccc3s2)C1. The first-order valence-electron chi connectivity index (χ1n) is 11.9. The number of anilines is 1. The maximum absolute atomic E-state index is 13.0. The lowest BCUT2D eigenvalue weighted by atomic mass is 10.0. The van der Waals surface area contributed by atoms with E-state index in [4.69, 9.17) is 9.72 Å². The van der Waals surface area contributed by atoms with Gasteiger partial charge in [0.1, 0.15) is 10.0 Å². The number of nitrogens with zero attached hydrogens (tertiary/aromatic N) is 2. The van der Waals surface area contributed by atoms with Gasteiger partial charge in [-0.3, -0.25) is 4.79 Å². The first-order valence-corrected chi connectivity index (χ1v) is 14.5. The first-order chi connectivity index (χ1) is 17.5. The molecule has 4 aromatic rings. The number of fused-ring (bicyclic) bond motifs is 2. The van der Waals surface area contributed by atoms with Gasteiger partial charge in [-0.1, -0.05) is 29.8 Å². The Hall–Kier alpha value is -2.88. The van der Waals surface area contributed by atoms with Gasteiger partial charge >= 0.3 is 6.09 Å². The summed E-state index contributed by atoms with van der Waals surface area (Å²) in [7, 11) is 0. The molecule has 5 rings (SSSR count). The number of thiazole rings is 1. The van der Waals surface area contributed by atoms with E-state index in [2.05, 4.69) is 42.6 Å². The molecule has 6 nitrogen and oxygen atoms in total. The Balaban J connectivity index is 1.38. The second-order valence-corrected chi connectivity index (χ2v) is 11.8. The lowest BCUT2D eigenvalue weighted by molar-refractivity contribution is -0.115. The zero-order chi connectivity index (χ0) is 25.1. The van der Waals surface area contributed by atoms with Gasteiger partial charge in [-0.15, -0.1) is 34.4 Å². The monoisotopic (exact) mass is 537 g/mol. The summed E-state index contributed by atoms with van der Waals surface area (Å²) in [6.45, 7) is 5.30. The van der Waals surface area contributed by atoms with Gasteiger partial charge in [0.2, 0.25) is 5.91 Å². The minimum Gasteiger partial charge on any atom is -0.450 e. The molecule has 2 aromatic heterocycles. The Morgan fingerprint density at radius 3 is 2.72 bits per heavy atom. The van der Waals surface area contributed by atoms with Crippen LogP contribution in [0.2, 0.25) is 0 Å². The van der Waals surface area contributed by atoms with E-state index in [1.165, 1.54) is 11.1 Å². The number of amides is 2. The molecule has 0 bridgehead atoms. The number of thioether (sulfide) groups is 1. The Morgan fingerprint density at radius 1 is 1.14 bits per heavy atom. The van der Waals surface area contributed by atoms with Crippen LogP contribution in [0.3, 0.4) is 0 Å². The summed E-state index contributed by atoms with van der Waals surface area (Å²) in [5, 5.41) is 4.89. The van der Waals surface area contributed by atoms with E-state index in [0.29, 0.717) is 38.3 Å². The molecular weight excluding hydrogens is 511 g/mol. The van der Waals surface area contributed by atoms with Crippen molar-refractivity contribution < 1.29 is 14.3 Å². The van der Waals surface area contributed by atoms with E-state index in [-0.39, 0.29) is 12.0 Å². The van der Waals surface area contributed by atoms with Gasteiger partial charge in [-0.05, 0) is 50.1 Å². The Labute approximate surface area is 222 Å². The molecule has 0 atom stereocenters. The van der Waals surface area contributed by atoms with Crippen LogP contribution in [0.1, 0.15) is 29.3 Å². The van der Waals surface area contributed by atoms with Crippen LogP contribution in [-0.4, -0.2) is 40.8 Å². The van der Waals surface area contributed by atoms with Crippen molar-refractivity contribution in [3.05, 3.63) is 64.5 Å². The van der Waals surface area contributed by atoms with E-state index in [0.717, 1.165) is 35.6 Å². The highest BCUT2D eigenvalue weighted by Gasteiger charge is 2.30. The number of carbonyl (C=O) groups is 2. The highest BCUT2D eigenvalue weighted by Crippen LogP contribution is 2.45. The van der Waals surface area contributed by atoms with Gasteiger partial charge in [-0.2, -0.15) is 0 Å². The first kappa shape index (κ1) is 24.8. The van der Waals surface area contributed by atoms with Crippen LogP contribution in [0.4, 0.5) is 9.80 Å². The van der Waals surface area contributed by atoms with Crippen LogP contribution in [0.5, 0.6) is 0 Å². The molecule has 2 aromatic carbocycles. The maximum Gasteiger partial charge on any atom is 0.410 e. The van der Waals surface area contributed by atoms with Crippen LogP contribution in [0, 0.1) is 6.92 Å². The number of rotatable bonds is 7. The van der Waals surface area contributed by atoms with Gasteiger partial charge in [0.05, 0.1) is 23.4 Å². The van der Waals surface area contributed by atoms with Gasteiger partial charge < -0.3 is 15.0 Å². The Kier molecular flexibility index (Phi) is 7.59. The second-order valence-electron chi connectivity index (χ2n) is 8.52. The number of hydrogen-bond acceptors (Lipinski definition) is 7. The fourth-order valence-corrected chi connectivity index (χ4v) is 7.39. The van der Waals surface area contributed by atoms with Gasteiger partial charge in [0, 0.05) is 34.1 Å². The lowest BCUT2D eigenvalue weighted by Crippen LogP contribution is -2.35. The zero-order valence-electron chi connectivity index (χ0n) is 20.2. The number of para-hydroxylation sites is 1. The van der Waals surface area contributed by atoms with Crippen molar-refractivity contribution in [3.8, 4) is 10.6 Å². The number of aromatic nitrogens is 1. The van der Waals surface area contributed by atoms with Gasteiger partial charge in [0.25, 0.3) is 0 Å². The molecule has 0 fully saturated rings. The summed E-state index contributed by atoms with van der Waals surface area (Å²) in [5.74, 6) is 0.686. The number of hydrogen-bond donors (Lipinski definition) is 1. The molecule has 0 unspecified atom stereocenters. The molecule has 36 heavy (non-hydrogen) atoms. The third kappa shape index (κ3) is 5.43. The number of benzene rings is 2. The van der Waals surface area contributed by atoms with Crippen molar-refractivity contribution in [2.45, 2.75) is 38.1 Å². The van der Waals surface area contributed by atoms with E-state index >= 15 is 0 Å². The number of thiophene rings is 1. The van der Waals surface area contributed by atoms with Crippen LogP contribution in [-0.2, 0) is 22.5 Å². The average Bonchev–Trinajstić information content (AvgIpc) is 3.45. The molecular formula is C27H27N3O3S3. The molecule has 0 radical (unpaired) electrons. The number of nitrogens with one attached hydrogen (secondary N) is 1. The summed E-state index contributed by atoms with van der Waals surface area (Å²) in [6.07, 6.45) is 0.821. The highest BCUT2D eigenvalue weighted by atomic mass is 32.2. The Morgan fingerprint density at radius 2 is 1.94 bits per heavy atom. The molecule has 1 aliphatic rings. The number of aryl methyl sites for hydroxylation is 1. The predicted octanol–water partition coefficient (Wildman–Crippen LogP) is 6.97. The topological polar surface area (TPSA) is 71.5 Å². The molecule has 0 saturated heterocycles. The Bertz CT molecular complexity index is 1360. The molecule has 0 aliphatic carbocycles. The normalized spacial score (nSPS) is 13.0.